The minimum absolute atomic E-state index is 0.00307. The van der Waals surface area contributed by atoms with E-state index in [0.29, 0.717) is 43.4 Å². The number of hydrogen-bond donors (Lipinski definition) is 18. The second-order valence-corrected chi connectivity index (χ2v) is 26.4. The van der Waals surface area contributed by atoms with E-state index in [2.05, 4.69) is 58.5 Å². The van der Waals surface area contributed by atoms with E-state index in [1.807, 2.05) is 0 Å². The Kier molecular flexibility index (Phi) is 41.5. The van der Waals surface area contributed by atoms with Gasteiger partial charge < -0.3 is 97.4 Å². The Morgan fingerprint density at radius 1 is 0.454 bits per heavy atom. The number of nitrogens with two attached hydrogens (primary N) is 5. The molecule has 0 heterocycles. The first-order chi connectivity index (χ1) is 45.6. The molecule has 0 aliphatic heterocycles. The average Bonchev–Trinajstić information content (AvgIpc) is 0.918. The predicted octanol–water partition coefficient (Wildman–Crippen LogP) is -3.07. The number of aliphatic carboxylic acids is 1. The Bertz CT molecular complexity index is 2750. The van der Waals surface area contributed by atoms with Gasteiger partial charge in [0.05, 0.1) is 19.1 Å². The standard InChI is InChI=1S/C64H110N16O16S/c1-11-37(8)52(80-60(91)46(32-50(69)83)74-53(84)38(9)67)63(94)72-41(22-16-18-27-66)55(86)76-45(30-35(4)5)59(90)78-48(33-81)61(92)79-51(36(6)7)62(93)73-42(23-24-49(68)82)56(87)71-43(25-28-97-10)57(88)70-40(21-15-17-26-65)54(85)75-44(29-34(2)3)58(89)77-47(64(95)96)31-39-19-13-12-14-20-39/h12-14,19-20,34-38,40-48,51-52,81H,11,15-18,21-33,65-67H2,1-10H3,(H2,68,82)(H2,69,83)(H,70,88)(H,71,87)(H,72,94)(H,73,93)(H,74,84)(H,75,85)(H,76,86)(H,77,89)(H,78,90)(H,79,92)(H,80,91)(H,95,96)/t37-,38-,40-,41-,42-,43-,44-,45-,46-,47-,48-,51-,52-/m0/s1. The molecule has 0 saturated heterocycles. The minimum Gasteiger partial charge on any atom is -0.480 e. The second kappa shape index (κ2) is 46.2. The molecule has 97 heavy (non-hydrogen) atoms. The van der Waals surface area contributed by atoms with Crippen molar-refractivity contribution in [3.8, 4) is 0 Å². The molecule has 0 aromatic heterocycles. The lowest BCUT2D eigenvalue weighted by Crippen LogP contribution is -2.62. The largest absolute Gasteiger partial charge is 0.480 e. The third kappa shape index (κ3) is 33.7. The van der Waals surface area contributed by atoms with E-state index in [-0.39, 0.29) is 63.5 Å². The molecule has 1 aromatic carbocycles. The van der Waals surface area contributed by atoms with Crippen molar-refractivity contribution in [2.75, 3.05) is 31.7 Å². The summed E-state index contributed by atoms with van der Waals surface area (Å²) in [6, 6.07) is -8.12. The van der Waals surface area contributed by atoms with Crippen LogP contribution in [0.25, 0.3) is 0 Å². The van der Waals surface area contributed by atoms with E-state index < -0.39 is 193 Å². The Labute approximate surface area is 572 Å². The average molecular weight is 1390 g/mol. The molecule has 0 aliphatic carbocycles. The van der Waals surface area contributed by atoms with Gasteiger partial charge in [0.15, 0.2) is 0 Å². The van der Waals surface area contributed by atoms with Crippen molar-refractivity contribution in [2.24, 2.45) is 52.3 Å². The molecule has 0 aliphatic rings. The lowest BCUT2D eigenvalue weighted by atomic mass is 9.96. The molecule has 0 fully saturated rings. The Hall–Kier alpha value is -8.01. The molecule has 33 heteroatoms. The maximum absolute atomic E-state index is 14.3. The van der Waals surface area contributed by atoms with Crippen molar-refractivity contribution in [2.45, 2.75) is 225 Å². The van der Waals surface area contributed by atoms with Crippen molar-refractivity contribution in [3.05, 3.63) is 35.9 Å². The van der Waals surface area contributed by atoms with E-state index in [4.69, 9.17) is 28.7 Å². The highest BCUT2D eigenvalue weighted by Gasteiger charge is 2.38. The van der Waals surface area contributed by atoms with Crippen LogP contribution in [0.15, 0.2) is 30.3 Å². The molecule has 0 saturated carbocycles. The smallest absolute Gasteiger partial charge is 0.326 e. The number of benzene rings is 1. The molecule has 0 spiro atoms. The molecule has 0 radical (unpaired) electrons. The van der Waals surface area contributed by atoms with Gasteiger partial charge in [-0.1, -0.05) is 92.1 Å². The van der Waals surface area contributed by atoms with Gasteiger partial charge in [0.25, 0.3) is 0 Å². The Morgan fingerprint density at radius 2 is 0.835 bits per heavy atom. The molecule has 23 N–H and O–H groups in total. The molecule has 13 amide bonds. The van der Waals surface area contributed by atoms with Gasteiger partial charge in [-0.25, -0.2) is 4.79 Å². The first-order valence-electron chi connectivity index (χ1n) is 33.1. The number of carboxylic acid groups (broad SMARTS) is 1. The number of primary amides is 2. The number of rotatable bonds is 49. The zero-order chi connectivity index (χ0) is 73.6. The third-order valence-corrected chi connectivity index (χ3v) is 16.2. The maximum atomic E-state index is 14.3. The molecule has 0 unspecified atom stereocenters. The molecular weight excluding hydrogens is 1280 g/mol. The van der Waals surface area contributed by atoms with Gasteiger partial charge in [0, 0.05) is 12.8 Å². The maximum Gasteiger partial charge on any atom is 0.326 e. The van der Waals surface area contributed by atoms with Crippen LogP contribution in [0.5, 0.6) is 0 Å². The van der Waals surface area contributed by atoms with Crippen LogP contribution in [0, 0.1) is 23.7 Å². The summed E-state index contributed by atoms with van der Waals surface area (Å²) in [5, 5.41) is 48.8. The Balaban J connectivity index is 3.53. The summed E-state index contributed by atoms with van der Waals surface area (Å²) >= 11 is 1.32. The highest BCUT2D eigenvalue weighted by atomic mass is 32.2. The number of carbonyl (C=O) groups is 14. The predicted molar refractivity (Wildman–Crippen MR) is 364 cm³/mol. The van der Waals surface area contributed by atoms with Crippen LogP contribution in [-0.4, -0.2) is 197 Å². The SMILES string of the molecule is CC[C@H](C)[C@H](NC(=O)[C@H](CC(N)=O)NC(=O)[C@H](C)N)C(=O)N[C@@H](CCCCN)C(=O)N[C@@H](CC(C)C)C(=O)N[C@@H](CO)C(=O)N[C@H](C(=O)N[C@@H](CCC(N)=O)C(=O)N[C@@H](CCSC)C(=O)N[C@@H](CCCCN)C(=O)N[C@@H](CC(C)C)C(=O)N[C@@H](Cc1ccccc1)C(=O)O)C(C)C. The summed E-state index contributed by atoms with van der Waals surface area (Å²) in [6.07, 6.45) is 2.11. The third-order valence-electron chi connectivity index (χ3n) is 15.6. The quantitative estimate of drug-likeness (QED) is 0.0288. The Morgan fingerprint density at radius 3 is 1.24 bits per heavy atom. The van der Waals surface area contributed by atoms with E-state index in [9.17, 15) is 77.3 Å². The van der Waals surface area contributed by atoms with Gasteiger partial charge in [-0.05, 0) is 125 Å². The zero-order valence-electron chi connectivity index (χ0n) is 57.8. The zero-order valence-corrected chi connectivity index (χ0v) is 58.6. The van der Waals surface area contributed by atoms with Crippen LogP contribution in [0.3, 0.4) is 0 Å². The van der Waals surface area contributed by atoms with Crippen molar-refractivity contribution < 1.29 is 77.3 Å². The van der Waals surface area contributed by atoms with Crippen molar-refractivity contribution in [1.29, 1.82) is 0 Å². The number of aliphatic hydroxyl groups excluding tert-OH is 1. The molecule has 548 valence electrons. The van der Waals surface area contributed by atoms with E-state index in [0.717, 1.165) is 0 Å². The van der Waals surface area contributed by atoms with E-state index >= 15 is 0 Å². The second-order valence-electron chi connectivity index (χ2n) is 25.4. The molecule has 0 bridgehead atoms. The van der Waals surface area contributed by atoms with E-state index in [1.165, 1.54) is 32.5 Å². The number of amides is 13. The topological polar surface area (TPSA) is 542 Å². The highest BCUT2D eigenvalue weighted by molar-refractivity contribution is 7.98. The number of nitrogens with one attached hydrogen (secondary N) is 11. The summed E-state index contributed by atoms with van der Waals surface area (Å²) < 4.78 is 0. The van der Waals surface area contributed by atoms with Crippen molar-refractivity contribution >= 4 is 94.5 Å². The first-order valence-corrected chi connectivity index (χ1v) is 34.5. The van der Waals surface area contributed by atoms with Crippen LogP contribution in [0.1, 0.15) is 151 Å². The highest BCUT2D eigenvalue weighted by Crippen LogP contribution is 2.16. The molecular formula is C64H110N16O16S. The van der Waals surface area contributed by atoms with Crippen LogP contribution in [0.2, 0.25) is 0 Å². The van der Waals surface area contributed by atoms with Crippen molar-refractivity contribution in [3.63, 3.8) is 0 Å². The fourth-order valence-electron chi connectivity index (χ4n) is 9.85. The van der Waals surface area contributed by atoms with Crippen molar-refractivity contribution in [1.82, 2.24) is 58.5 Å². The van der Waals surface area contributed by atoms with Gasteiger partial charge in [0.1, 0.15) is 66.5 Å². The van der Waals surface area contributed by atoms with Gasteiger partial charge >= 0.3 is 5.97 Å². The summed E-state index contributed by atoms with van der Waals surface area (Å²) in [5.74, 6) is -14.4. The fraction of sp³-hybridized carbons (Fsp3) is 0.688. The molecule has 13 atom stereocenters. The number of aliphatic hydroxyl groups is 1. The molecule has 32 nitrogen and oxygen atoms in total. The minimum atomic E-state index is -1.76. The summed E-state index contributed by atoms with van der Waals surface area (Å²) in [6.45, 7) is 14.3. The molecule has 1 rings (SSSR count). The summed E-state index contributed by atoms with van der Waals surface area (Å²) in [7, 11) is 0. The number of hydrogen-bond acceptors (Lipinski definition) is 19. The van der Waals surface area contributed by atoms with Crippen LogP contribution >= 0.6 is 11.8 Å². The van der Waals surface area contributed by atoms with E-state index in [1.54, 1.807) is 78.1 Å². The number of unbranched alkanes of at least 4 members (excludes halogenated alkanes) is 2. The van der Waals surface area contributed by atoms with Gasteiger partial charge in [-0.3, -0.25) is 62.3 Å². The molecule has 1 aromatic rings. The number of thioether (sulfide) groups is 1. The van der Waals surface area contributed by atoms with Gasteiger partial charge in [-0.15, -0.1) is 0 Å². The normalized spacial score (nSPS) is 15.3. The number of carboxylic acids is 1. The van der Waals surface area contributed by atoms with Gasteiger partial charge in [-0.2, -0.15) is 11.8 Å². The summed E-state index contributed by atoms with van der Waals surface area (Å²) in [4.78, 5) is 190. The lowest BCUT2D eigenvalue weighted by molar-refractivity contribution is -0.142. The number of carbonyl (C=O) groups excluding carboxylic acids is 13. The lowest BCUT2D eigenvalue weighted by Gasteiger charge is -2.30. The monoisotopic (exact) mass is 1390 g/mol. The van der Waals surface area contributed by atoms with Crippen LogP contribution < -0.4 is 87.2 Å². The summed E-state index contributed by atoms with van der Waals surface area (Å²) in [5.41, 5.74) is 28.7. The van der Waals surface area contributed by atoms with Crippen LogP contribution in [0.4, 0.5) is 0 Å². The first kappa shape index (κ1) is 87.0. The van der Waals surface area contributed by atoms with Gasteiger partial charge in [0.2, 0.25) is 76.8 Å². The van der Waals surface area contributed by atoms with Crippen LogP contribution in [-0.2, 0) is 73.5 Å². The fourth-order valence-corrected chi connectivity index (χ4v) is 10.3.